The van der Waals surface area contributed by atoms with Crippen LogP contribution in [0.5, 0.6) is 5.75 Å². The fraction of sp³-hybridized carbons (Fsp3) is 0.500. The minimum absolute atomic E-state index is 0.0337. The Kier molecular flexibility index (Phi) is 9.04. The standard InChI is InChI=1S/C26H34N4O7/c1-14(2)10-20(29-25(35)21-12-17-18(27-21)6-5-7-23(17)37-4)24(34)28-19(22(33)13-31)11-16-8-9-30(15(3)32)26(16)36/h5-7,12,14,16,19-20,27,31H,8-11,13H2,1-4H3,(H,28,34)(H,29,35)/t16-,19-,20-/m0/s1. The molecule has 1 aliphatic rings. The Balaban J connectivity index is 1.75. The third kappa shape index (κ3) is 6.53. The molecule has 0 saturated carbocycles. The van der Waals surface area contributed by atoms with Crippen molar-refractivity contribution >= 4 is 40.3 Å². The molecule has 1 aromatic heterocycles. The van der Waals surface area contributed by atoms with Crippen LogP contribution in [0.2, 0.25) is 0 Å². The van der Waals surface area contributed by atoms with Crippen molar-refractivity contribution in [3.63, 3.8) is 0 Å². The molecule has 37 heavy (non-hydrogen) atoms. The molecule has 3 atom stereocenters. The number of benzene rings is 1. The van der Waals surface area contributed by atoms with E-state index in [0.29, 0.717) is 24.1 Å². The van der Waals surface area contributed by atoms with Crippen LogP contribution >= 0.6 is 0 Å². The first-order valence-corrected chi connectivity index (χ1v) is 12.3. The predicted molar refractivity (Wildman–Crippen MR) is 135 cm³/mol. The number of ether oxygens (including phenoxy) is 1. The number of fused-ring (bicyclic) bond motifs is 1. The number of aliphatic hydroxyl groups is 1. The van der Waals surface area contributed by atoms with Crippen LogP contribution in [0.1, 0.15) is 50.5 Å². The number of methoxy groups -OCH3 is 1. The summed E-state index contributed by atoms with van der Waals surface area (Å²) in [6.07, 6.45) is 0.610. The monoisotopic (exact) mass is 514 g/mol. The molecule has 2 aromatic rings. The molecule has 2 heterocycles. The zero-order valence-electron chi connectivity index (χ0n) is 21.5. The van der Waals surface area contributed by atoms with Gasteiger partial charge in [-0.05, 0) is 43.4 Å². The maximum atomic E-state index is 13.2. The lowest BCUT2D eigenvalue weighted by Gasteiger charge is -2.24. The Bertz CT molecular complexity index is 1190. The van der Waals surface area contributed by atoms with Crippen LogP contribution in [0.25, 0.3) is 10.9 Å². The quantitative estimate of drug-likeness (QED) is 0.350. The first-order chi connectivity index (χ1) is 17.5. The number of ketones is 1. The molecular formula is C26H34N4O7. The van der Waals surface area contributed by atoms with Crippen molar-refractivity contribution in [1.29, 1.82) is 0 Å². The number of imide groups is 1. The van der Waals surface area contributed by atoms with Gasteiger partial charge in [0.15, 0.2) is 5.78 Å². The summed E-state index contributed by atoms with van der Waals surface area (Å²) < 4.78 is 5.34. The van der Waals surface area contributed by atoms with E-state index >= 15 is 0 Å². The number of likely N-dealkylation sites (tertiary alicyclic amines) is 1. The normalized spacial score (nSPS) is 17.1. The molecule has 0 aliphatic carbocycles. The third-order valence-electron chi connectivity index (χ3n) is 6.50. The van der Waals surface area contributed by atoms with Gasteiger partial charge in [-0.1, -0.05) is 19.9 Å². The Morgan fingerprint density at radius 1 is 1.19 bits per heavy atom. The number of nitrogens with zero attached hydrogens (tertiary/aromatic N) is 1. The van der Waals surface area contributed by atoms with E-state index in [1.54, 1.807) is 24.3 Å². The molecular weight excluding hydrogens is 480 g/mol. The average Bonchev–Trinajstić information content (AvgIpc) is 3.46. The summed E-state index contributed by atoms with van der Waals surface area (Å²) in [4.78, 5) is 67.0. The molecule has 11 nitrogen and oxygen atoms in total. The second kappa shape index (κ2) is 12.0. The topological polar surface area (TPSA) is 158 Å². The molecule has 1 aromatic carbocycles. The Labute approximate surface area is 214 Å². The van der Waals surface area contributed by atoms with Gasteiger partial charge in [-0.25, -0.2) is 0 Å². The van der Waals surface area contributed by atoms with Crippen molar-refractivity contribution in [2.45, 2.75) is 52.1 Å². The lowest BCUT2D eigenvalue weighted by molar-refractivity contribution is -0.142. The van der Waals surface area contributed by atoms with Crippen molar-refractivity contribution < 1.29 is 33.8 Å². The van der Waals surface area contributed by atoms with E-state index in [0.717, 1.165) is 10.3 Å². The van der Waals surface area contributed by atoms with Crippen LogP contribution in [0.3, 0.4) is 0 Å². The number of hydrogen-bond donors (Lipinski definition) is 4. The van der Waals surface area contributed by atoms with Crippen LogP contribution in [0.4, 0.5) is 0 Å². The van der Waals surface area contributed by atoms with Gasteiger partial charge in [-0.3, -0.25) is 28.9 Å². The van der Waals surface area contributed by atoms with Crippen molar-refractivity contribution in [2.24, 2.45) is 11.8 Å². The smallest absolute Gasteiger partial charge is 0.268 e. The van der Waals surface area contributed by atoms with E-state index in [9.17, 15) is 29.1 Å². The maximum Gasteiger partial charge on any atom is 0.268 e. The predicted octanol–water partition coefficient (Wildman–Crippen LogP) is 1.15. The number of rotatable bonds is 11. The second-order valence-corrected chi connectivity index (χ2v) is 9.68. The maximum absolute atomic E-state index is 13.2. The highest BCUT2D eigenvalue weighted by Crippen LogP contribution is 2.26. The number of aromatic nitrogens is 1. The van der Waals surface area contributed by atoms with E-state index in [2.05, 4.69) is 15.6 Å². The van der Waals surface area contributed by atoms with Gasteiger partial charge in [0.2, 0.25) is 17.7 Å². The van der Waals surface area contributed by atoms with Gasteiger partial charge >= 0.3 is 0 Å². The molecule has 1 aliphatic heterocycles. The van der Waals surface area contributed by atoms with Crippen LogP contribution in [0, 0.1) is 11.8 Å². The van der Waals surface area contributed by atoms with Crippen molar-refractivity contribution in [1.82, 2.24) is 20.5 Å². The summed E-state index contributed by atoms with van der Waals surface area (Å²) in [7, 11) is 1.53. The van der Waals surface area contributed by atoms with E-state index in [1.165, 1.54) is 14.0 Å². The Morgan fingerprint density at radius 2 is 1.92 bits per heavy atom. The highest BCUT2D eigenvalue weighted by molar-refractivity contribution is 6.02. The second-order valence-electron chi connectivity index (χ2n) is 9.68. The van der Waals surface area contributed by atoms with E-state index in [1.807, 2.05) is 13.8 Å². The fourth-order valence-electron chi connectivity index (χ4n) is 4.57. The molecule has 0 unspecified atom stereocenters. The van der Waals surface area contributed by atoms with Crippen LogP contribution < -0.4 is 15.4 Å². The third-order valence-corrected chi connectivity index (χ3v) is 6.50. The summed E-state index contributed by atoms with van der Waals surface area (Å²) in [5, 5.41) is 15.5. The van der Waals surface area contributed by atoms with Crippen LogP contribution in [-0.2, 0) is 19.2 Å². The minimum atomic E-state index is -1.14. The average molecular weight is 515 g/mol. The van der Waals surface area contributed by atoms with E-state index in [-0.39, 0.29) is 30.5 Å². The minimum Gasteiger partial charge on any atom is -0.496 e. The van der Waals surface area contributed by atoms with Gasteiger partial charge in [0.25, 0.3) is 5.91 Å². The largest absolute Gasteiger partial charge is 0.496 e. The molecule has 1 fully saturated rings. The molecule has 0 spiro atoms. The summed E-state index contributed by atoms with van der Waals surface area (Å²) >= 11 is 0. The zero-order valence-corrected chi connectivity index (χ0v) is 21.5. The van der Waals surface area contributed by atoms with Gasteiger partial charge in [-0.15, -0.1) is 0 Å². The van der Waals surface area contributed by atoms with Gasteiger partial charge in [0, 0.05) is 30.3 Å². The number of aliphatic hydroxyl groups excluding tert-OH is 1. The van der Waals surface area contributed by atoms with Gasteiger partial charge in [0.1, 0.15) is 24.1 Å². The van der Waals surface area contributed by atoms with Gasteiger partial charge < -0.3 is 25.5 Å². The molecule has 3 rings (SSSR count). The number of aromatic amines is 1. The number of nitrogens with one attached hydrogen (secondary N) is 3. The fourth-order valence-corrected chi connectivity index (χ4v) is 4.57. The number of Topliss-reactive ketones (excluding diaryl/α,β-unsaturated/α-hetero) is 1. The molecule has 4 amide bonds. The highest BCUT2D eigenvalue weighted by atomic mass is 16.5. The number of amides is 4. The number of carbonyl (C=O) groups is 5. The molecule has 0 bridgehead atoms. The summed E-state index contributed by atoms with van der Waals surface area (Å²) in [5.41, 5.74) is 0.939. The van der Waals surface area contributed by atoms with Crippen molar-refractivity contribution in [2.75, 3.05) is 20.3 Å². The van der Waals surface area contributed by atoms with Crippen molar-refractivity contribution in [3.05, 3.63) is 30.0 Å². The summed E-state index contributed by atoms with van der Waals surface area (Å²) in [5.74, 6) is -2.55. The number of hydrogen-bond acceptors (Lipinski definition) is 7. The lowest BCUT2D eigenvalue weighted by atomic mass is 9.95. The highest BCUT2D eigenvalue weighted by Gasteiger charge is 2.38. The first-order valence-electron chi connectivity index (χ1n) is 12.3. The van der Waals surface area contributed by atoms with Crippen molar-refractivity contribution in [3.8, 4) is 5.75 Å². The molecule has 0 radical (unpaired) electrons. The van der Waals surface area contributed by atoms with Gasteiger partial charge in [-0.2, -0.15) is 0 Å². The summed E-state index contributed by atoms with van der Waals surface area (Å²) in [6, 6.07) is 4.89. The Morgan fingerprint density at radius 3 is 2.51 bits per heavy atom. The van der Waals surface area contributed by atoms with E-state index in [4.69, 9.17) is 4.74 Å². The molecule has 200 valence electrons. The van der Waals surface area contributed by atoms with Crippen LogP contribution in [-0.4, -0.2) is 76.7 Å². The van der Waals surface area contributed by atoms with Crippen LogP contribution in [0.15, 0.2) is 24.3 Å². The Hall–Kier alpha value is -3.73. The molecule has 1 saturated heterocycles. The number of carbonyl (C=O) groups excluding carboxylic acids is 5. The molecule has 4 N–H and O–H groups in total. The molecule has 11 heteroatoms. The number of H-pyrrole nitrogens is 1. The SMILES string of the molecule is COc1cccc2[nH]c(C(=O)N[C@@H](CC(C)C)C(=O)N[C@@H](C[C@@H]3CCN(C(C)=O)C3=O)C(=O)CO)cc12. The summed E-state index contributed by atoms with van der Waals surface area (Å²) in [6.45, 7) is 4.50. The lowest BCUT2D eigenvalue weighted by Crippen LogP contribution is -2.53. The van der Waals surface area contributed by atoms with Gasteiger partial charge in [0.05, 0.1) is 13.2 Å². The first kappa shape index (κ1) is 27.9. The van der Waals surface area contributed by atoms with E-state index < -0.39 is 48.1 Å². The zero-order chi connectivity index (χ0) is 27.3.